The van der Waals surface area contributed by atoms with Crippen LogP contribution in [0.4, 0.5) is 0 Å². The van der Waals surface area contributed by atoms with Crippen LogP contribution in [0.15, 0.2) is 24.8 Å². The lowest BCUT2D eigenvalue weighted by atomic mass is 10.2. The Morgan fingerprint density at radius 2 is 2.12 bits per heavy atom. The SMILES string of the molecule is Cc1cnc(C(O)Cc2nccn2C)cn1. The molecule has 16 heavy (non-hydrogen) atoms. The molecule has 0 saturated heterocycles. The first-order valence-corrected chi connectivity index (χ1v) is 5.09. The molecule has 0 aliphatic heterocycles. The van der Waals surface area contributed by atoms with Crippen molar-refractivity contribution in [2.45, 2.75) is 19.4 Å². The largest absolute Gasteiger partial charge is 0.386 e. The van der Waals surface area contributed by atoms with Crippen molar-refractivity contribution in [3.05, 3.63) is 42.0 Å². The summed E-state index contributed by atoms with van der Waals surface area (Å²) in [6, 6.07) is 0. The van der Waals surface area contributed by atoms with E-state index in [2.05, 4.69) is 15.0 Å². The van der Waals surface area contributed by atoms with Gasteiger partial charge >= 0.3 is 0 Å². The Hall–Kier alpha value is -1.75. The maximum Gasteiger partial charge on any atom is 0.111 e. The van der Waals surface area contributed by atoms with Crippen LogP contribution in [0.25, 0.3) is 0 Å². The van der Waals surface area contributed by atoms with Gasteiger partial charge in [0, 0.05) is 32.1 Å². The highest BCUT2D eigenvalue weighted by molar-refractivity contribution is 5.06. The van der Waals surface area contributed by atoms with Crippen LogP contribution in [0, 0.1) is 6.92 Å². The first-order chi connectivity index (χ1) is 7.66. The quantitative estimate of drug-likeness (QED) is 0.827. The standard InChI is InChI=1S/C11H14N4O/c1-8-6-14-9(7-13-8)10(16)5-11-12-3-4-15(11)2/h3-4,6-7,10,16H,5H2,1-2H3. The second kappa shape index (κ2) is 4.40. The second-order valence-corrected chi connectivity index (χ2v) is 3.76. The third-order valence-electron chi connectivity index (χ3n) is 2.44. The smallest absolute Gasteiger partial charge is 0.111 e. The first kappa shape index (κ1) is 10.8. The maximum atomic E-state index is 9.95. The molecule has 0 saturated carbocycles. The van der Waals surface area contributed by atoms with Gasteiger partial charge in [-0.3, -0.25) is 9.97 Å². The molecule has 0 amide bonds. The van der Waals surface area contributed by atoms with Gasteiger partial charge in [0.05, 0.1) is 17.6 Å². The Labute approximate surface area is 93.8 Å². The van der Waals surface area contributed by atoms with E-state index < -0.39 is 6.10 Å². The van der Waals surface area contributed by atoms with E-state index in [1.807, 2.05) is 24.7 Å². The number of hydrogen-bond acceptors (Lipinski definition) is 4. The topological polar surface area (TPSA) is 63.8 Å². The average Bonchev–Trinajstić information content (AvgIpc) is 2.65. The fourth-order valence-corrected chi connectivity index (χ4v) is 1.45. The fourth-order valence-electron chi connectivity index (χ4n) is 1.45. The van der Waals surface area contributed by atoms with E-state index in [-0.39, 0.29) is 0 Å². The number of nitrogens with zero attached hydrogens (tertiary/aromatic N) is 4. The summed E-state index contributed by atoms with van der Waals surface area (Å²) in [7, 11) is 1.90. The van der Waals surface area contributed by atoms with Crippen molar-refractivity contribution < 1.29 is 5.11 Å². The number of aliphatic hydroxyl groups excluding tert-OH is 1. The van der Waals surface area contributed by atoms with Gasteiger partial charge in [-0.05, 0) is 6.92 Å². The Balaban J connectivity index is 2.11. The average molecular weight is 218 g/mol. The number of aliphatic hydroxyl groups is 1. The summed E-state index contributed by atoms with van der Waals surface area (Å²) in [6.45, 7) is 1.86. The van der Waals surface area contributed by atoms with Crippen molar-refractivity contribution in [1.29, 1.82) is 0 Å². The Morgan fingerprint density at radius 3 is 2.69 bits per heavy atom. The number of aromatic nitrogens is 4. The van der Waals surface area contributed by atoms with E-state index in [9.17, 15) is 5.11 Å². The van der Waals surface area contributed by atoms with Gasteiger partial charge in [0.15, 0.2) is 0 Å². The van der Waals surface area contributed by atoms with E-state index in [0.29, 0.717) is 12.1 Å². The summed E-state index contributed by atoms with van der Waals surface area (Å²) in [5.41, 5.74) is 1.42. The third-order valence-corrected chi connectivity index (χ3v) is 2.44. The van der Waals surface area contributed by atoms with Gasteiger partial charge < -0.3 is 9.67 Å². The minimum Gasteiger partial charge on any atom is -0.386 e. The van der Waals surface area contributed by atoms with Gasteiger partial charge in [0.2, 0.25) is 0 Å². The van der Waals surface area contributed by atoms with E-state index in [1.165, 1.54) is 0 Å². The monoisotopic (exact) mass is 218 g/mol. The Bertz CT molecular complexity index is 463. The van der Waals surface area contributed by atoms with Crippen molar-refractivity contribution in [1.82, 2.24) is 19.5 Å². The molecule has 5 nitrogen and oxygen atoms in total. The molecule has 2 aromatic rings. The van der Waals surface area contributed by atoms with E-state index in [0.717, 1.165) is 11.5 Å². The van der Waals surface area contributed by atoms with Gasteiger partial charge in [0.1, 0.15) is 11.9 Å². The molecule has 0 aliphatic rings. The number of hydrogen-bond donors (Lipinski definition) is 1. The zero-order valence-corrected chi connectivity index (χ0v) is 9.33. The Kier molecular flexibility index (Phi) is 2.96. The van der Waals surface area contributed by atoms with Gasteiger partial charge in [-0.2, -0.15) is 0 Å². The molecule has 5 heteroatoms. The lowest BCUT2D eigenvalue weighted by Gasteiger charge is -2.09. The summed E-state index contributed by atoms with van der Waals surface area (Å²) < 4.78 is 1.88. The molecule has 1 unspecified atom stereocenters. The van der Waals surface area contributed by atoms with Crippen LogP contribution in [0.3, 0.4) is 0 Å². The van der Waals surface area contributed by atoms with Crippen molar-refractivity contribution >= 4 is 0 Å². The third kappa shape index (κ3) is 2.25. The predicted molar refractivity (Wildman–Crippen MR) is 58.6 cm³/mol. The van der Waals surface area contributed by atoms with Crippen LogP contribution in [-0.2, 0) is 13.5 Å². The Morgan fingerprint density at radius 1 is 1.31 bits per heavy atom. The molecule has 2 heterocycles. The number of imidazole rings is 1. The van der Waals surface area contributed by atoms with Crippen LogP contribution in [0.1, 0.15) is 23.3 Å². The lowest BCUT2D eigenvalue weighted by Crippen LogP contribution is -2.08. The highest BCUT2D eigenvalue weighted by atomic mass is 16.3. The molecule has 0 aromatic carbocycles. The van der Waals surface area contributed by atoms with Crippen molar-refractivity contribution in [2.75, 3.05) is 0 Å². The molecular formula is C11H14N4O. The van der Waals surface area contributed by atoms with Crippen molar-refractivity contribution in [3.8, 4) is 0 Å². The minimum atomic E-state index is -0.658. The minimum absolute atomic E-state index is 0.446. The molecule has 0 bridgehead atoms. The highest BCUT2D eigenvalue weighted by Crippen LogP contribution is 2.13. The molecule has 1 N–H and O–H groups in total. The number of aryl methyl sites for hydroxylation is 2. The van der Waals surface area contributed by atoms with Crippen LogP contribution >= 0.6 is 0 Å². The molecule has 0 spiro atoms. The van der Waals surface area contributed by atoms with Crippen LogP contribution in [0.5, 0.6) is 0 Å². The van der Waals surface area contributed by atoms with Crippen LogP contribution in [0.2, 0.25) is 0 Å². The van der Waals surface area contributed by atoms with Crippen LogP contribution in [-0.4, -0.2) is 24.6 Å². The van der Waals surface area contributed by atoms with Crippen molar-refractivity contribution in [3.63, 3.8) is 0 Å². The summed E-state index contributed by atoms with van der Waals surface area (Å²) in [5.74, 6) is 0.829. The van der Waals surface area contributed by atoms with Gasteiger partial charge in [-0.1, -0.05) is 0 Å². The zero-order valence-electron chi connectivity index (χ0n) is 9.33. The van der Waals surface area contributed by atoms with Gasteiger partial charge in [-0.15, -0.1) is 0 Å². The molecule has 2 rings (SSSR count). The summed E-state index contributed by atoms with van der Waals surface area (Å²) >= 11 is 0. The maximum absolute atomic E-state index is 9.95. The highest BCUT2D eigenvalue weighted by Gasteiger charge is 2.12. The molecule has 84 valence electrons. The zero-order chi connectivity index (χ0) is 11.5. The molecule has 1 atom stereocenters. The van der Waals surface area contributed by atoms with Crippen LogP contribution < -0.4 is 0 Å². The summed E-state index contributed by atoms with van der Waals surface area (Å²) in [5, 5.41) is 9.95. The number of rotatable bonds is 3. The fraction of sp³-hybridized carbons (Fsp3) is 0.364. The first-order valence-electron chi connectivity index (χ1n) is 5.09. The normalized spacial score (nSPS) is 12.7. The van der Waals surface area contributed by atoms with Gasteiger partial charge in [0.25, 0.3) is 0 Å². The van der Waals surface area contributed by atoms with Gasteiger partial charge in [-0.25, -0.2) is 4.98 Å². The van der Waals surface area contributed by atoms with E-state index >= 15 is 0 Å². The molecule has 2 aromatic heterocycles. The lowest BCUT2D eigenvalue weighted by molar-refractivity contribution is 0.169. The molecular weight excluding hydrogens is 204 g/mol. The molecule has 0 fully saturated rings. The molecule has 0 aliphatic carbocycles. The second-order valence-electron chi connectivity index (χ2n) is 3.76. The predicted octanol–water partition coefficient (Wildman–Crippen LogP) is 0.795. The summed E-state index contributed by atoms with van der Waals surface area (Å²) in [6.07, 6.45) is 6.60. The summed E-state index contributed by atoms with van der Waals surface area (Å²) in [4.78, 5) is 12.4. The van der Waals surface area contributed by atoms with E-state index in [4.69, 9.17) is 0 Å². The molecule has 0 radical (unpaired) electrons. The van der Waals surface area contributed by atoms with Crippen molar-refractivity contribution in [2.24, 2.45) is 7.05 Å². The van der Waals surface area contributed by atoms with E-state index in [1.54, 1.807) is 18.6 Å².